The van der Waals surface area contributed by atoms with Crippen molar-refractivity contribution in [3.05, 3.63) is 52.6 Å². The first-order valence-electron chi connectivity index (χ1n) is 8.33. The first kappa shape index (κ1) is 18.2. The van der Waals surface area contributed by atoms with Gasteiger partial charge < -0.3 is 20.1 Å². The van der Waals surface area contributed by atoms with E-state index in [-0.39, 0.29) is 12.1 Å². The molecule has 132 valence electrons. The van der Waals surface area contributed by atoms with Crippen LogP contribution >= 0.6 is 22.6 Å². The second kappa shape index (κ2) is 7.76. The minimum Gasteiger partial charge on any atom is -0.490 e. The van der Waals surface area contributed by atoms with Gasteiger partial charge >= 0.3 is 0 Å². The lowest BCUT2D eigenvalue weighted by Crippen LogP contribution is -2.43. The van der Waals surface area contributed by atoms with E-state index in [1.54, 1.807) is 0 Å². The molecule has 1 heterocycles. The van der Waals surface area contributed by atoms with Crippen molar-refractivity contribution in [2.45, 2.75) is 25.5 Å². The standard InChI is InChI=1S/C20H23IN2O2/c1-20(2,10-11-21)22-12-14(24)13-25-18-9-5-8-17-19(18)15-6-3-4-7-16(15)23-17/h3-11,14,22-24H,12-13H2,1-2H3/b11-10+/t14-/m0/s1/i21-4. The molecule has 0 radical (unpaired) electrons. The molecule has 0 amide bonds. The van der Waals surface area contributed by atoms with Gasteiger partial charge in [0.25, 0.3) is 0 Å². The summed E-state index contributed by atoms with van der Waals surface area (Å²) in [5.74, 6) is 0.792. The number of para-hydroxylation sites is 1. The molecule has 0 unspecified atom stereocenters. The predicted molar refractivity (Wildman–Crippen MR) is 113 cm³/mol. The summed E-state index contributed by atoms with van der Waals surface area (Å²) in [7, 11) is 0. The number of H-pyrrole nitrogens is 1. The van der Waals surface area contributed by atoms with Crippen molar-refractivity contribution in [1.82, 2.24) is 10.3 Å². The van der Waals surface area contributed by atoms with Gasteiger partial charge in [0, 0.05) is 28.4 Å². The van der Waals surface area contributed by atoms with Crippen molar-refractivity contribution >= 4 is 44.4 Å². The number of benzene rings is 2. The van der Waals surface area contributed by atoms with E-state index in [1.807, 2.05) is 34.4 Å². The minimum absolute atomic E-state index is 0.154. The number of hydrogen-bond donors (Lipinski definition) is 3. The quantitative estimate of drug-likeness (QED) is 0.473. The van der Waals surface area contributed by atoms with Gasteiger partial charge in [-0.1, -0.05) is 52.9 Å². The van der Waals surface area contributed by atoms with E-state index in [0.29, 0.717) is 6.54 Å². The molecule has 0 saturated heterocycles. The van der Waals surface area contributed by atoms with E-state index in [9.17, 15) is 5.11 Å². The molecule has 0 spiro atoms. The molecule has 3 rings (SSSR count). The Morgan fingerprint density at radius 2 is 1.96 bits per heavy atom. The Morgan fingerprint density at radius 3 is 2.76 bits per heavy atom. The summed E-state index contributed by atoms with van der Waals surface area (Å²) in [6, 6.07) is 14.1. The van der Waals surface area contributed by atoms with Crippen LogP contribution in [-0.4, -0.2) is 34.9 Å². The van der Waals surface area contributed by atoms with Crippen LogP contribution in [0.25, 0.3) is 21.8 Å². The lowest BCUT2D eigenvalue weighted by atomic mass is 10.1. The summed E-state index contributed by atoms with van der Waals surface area (Å²) in [6.45, 7) is 4.86. The van der Waals surface area contributed by atoms with E-state index < -0.39 is 6.10 Å². The second-order valence-corrected chi connectivity index (χ2v) is 7.43. The van der Waals surface area contributed by atoms with Crippen LogP contribution in [0.4, 0.5) is 0 Å². The number of rotatable bonds is 7. The average molecular weight is 446 g/mol. The van der Waals surface area contributed by atoms with Crippen molar-refractivity contribution in [3.63, 3.8) is 0 Å². The second-order valence-electron chi connectivity index (χ2n) is 6.71. The fraction of sp³-hybridized carbons (Fsp3) is 0.300. The highest BCUT2D eigenvalue weighted by Gasteiger charge is 2.16. The van der Waals surface area contributed by atoms with Gasteiger partial charge in [0.1, 0.15) is 18.5 Å². The molecule has 3 aromatic rings. The van der Waals surface area contributed by atoms with Crippen LogP contribution in [0.3, 0.4) is 0 Å². The predicted octanol–water partition coefficient (Wildman–Crippen LogP) is 4.38. The van der Waals surface area contributed by atoms with E-state index in [2.05, 4.69) is 64.9 Å². The third-order valence-electron chi connectivity index (χ3n) is 4.20. The maximum Gasteiger partial charge on any atom is 0.129 e. The summed E-state index contributed by atoms with van der Waals surface area (Å²) >= 11 is 2.20. The Morgan fingerprint density at radius 1 is 1.20 bits per heavy atom. The molecule has 0 aliphatic rings. The van der Waals surface area contributed by atoms with Gasteiger partial charge in [-0.2, -0.15) is 0 Å². The summed E-state index contributed by atoms with van der Waals surface area (Å²) in [5, 5.41) is 15.8. The normalized spacial score (nSPS) is 13.8. The number of halogens is 1. The van der Waals surface area contributed by atoms with Gasteiger partial charge in [0.2, 0.25) is 0 Å². The lowest BCUT2D eigenvalue weighted by Gasteiger charge is -2.24. The van der Waals surface area contributed by atoms with E-state index in [0.717, 1.165) is 27.6 Å². The molecule has 25 heavy (non-hydrogen) atoms. The lowest BCUT2D eigenvalue weighted by molar-refractivity contribution is 0.102. The largest absolute Gasteiger partial charge is 0.490 e. The Labute approximate surface area is 161 Å². The highest BCUT2D eigenvalue weighted by atomic mass is 123. The summed E-state index contributed by atoms with van der Waals surface area (Å²) < 4.78 is 7.92. The molecule has 0 aliphatic heterocycles. The SMILES string of the molecule is CC(C)(/C=C/[123I])NC[C@H](O)COc1cccc2[nH]c3ccccc3c12. The number of fused-ring (bicyclic) bond motifs is 3. The van der Waals surface area contributed by atoms with E-state index >= 15 is 0 Å². The number of nitrogens with one attached hydrogen (secondary N) is 2. The Hall–Kier alpha value is -1.57. The topological polar surface area (TPSA) is 57.3 Å². The van der Waals surface area contributed by atoms with Gasteiger partial charge in [-0.3, -0.25) is 0 Å². The molecule has 4 nitrogen and oxygen atoms in total. The van der Waals surface area contributed by atoms with Crippen LogP contribution in [0, 0.1) is 0 Å². The fourth-order valence-corrected chi connectivity index (χ4v) is 3.73. The van der Waals surface area contributed by atoms with Crippen LogP contribution in [-0.2, 0) is 0 Å². The summed E-state index contributed by atoms with van der Waals surface area (Å²) in [4.78, 5) is 3.40. The van der Waals surface area contributed by atoms with E-state index in [4.69, 9.17) is 4.74 Å². The molecule has 0 bridgehead atoms. The summed E-state index contributed by atoms with van der Waals surface area (Å²) in [5.41, 5.74) is 1.97. The van der Waals surface area contributed by atoms with Gasteiger partial charge in [-0.25, -0.2) is 0 Å². The van der Waals surface area contributed by atoms with Crippen molar-refractivity contribution in [2.75, 3.05) is 13.2 Å². The van der Waals surface area contributed by atoms with Crippen LogP contribution < -0.4 is 10.1 Å². The first-order chi connectivity index (χ1) is 12.0. The molecule has 2 aromatic carbocycles. The maximum atomic E-state index is 10.3. The molecule has 1 aromatic heterocycles. The molecule has 0 fully saturated rings. The number of aliphatic hydroxyl groups excluding tert-OH is 1. The molecule has 5 heteroatoms. The molecule has 3 N–H and O–H groups in total. The third kappa shape index (κ3) is 4.34. The van der Waals surface area contributed by atoms with Crippen LogP contribution in [0.5, 0.6) is 5.75 Å². The van der Waals surface area contributed by atoms with Gasteiger partial charge in [-0.15, -0.1) is 0 Å². The van der Waals surface area contributed by atoms with Crippen molar-refractivity contribution < 1.29 is 9.84 Å². The van der Waals surface area contributed by atoms with Crippen LogP contribution in [0.2, 0.25) is 0 Å². The zero-order valence-electron chi connectivity index (χ0n) is 14.4. The maximum absolute atomic E-state index is 10.3. The number of aliphatic hydroxyl groups is 1. The Balaban J connectivity index is 1.71. The fourth-order valence-electron chi connectivity index (χ4n) is 2.83. The first-order valence-corrected chi connectivity index (χ1v) is 9.58. The molecular weight excluding hydrogens is 423 g/mol. The van der Waals surface area contributed by atoms with Crippen LogP contribution in [0.15, 0.2) is 52.6 Å². The van der Waals surface area contributed by atoms with Gasteiger partial charge in [0.05, 0.1) is 5.52 Å². The van der Waals surface area contributed by atoms with Crippen LogP contribution in [0.1, 0.15) is 13.8 Å². The van der Waals surface area contributed by atoms with Crippen molar-refractivity contribution in [1.29, 1.82) is 0 Å². The Bertz CT molecular complexity index is 886. The average Bonchev–Trinajstić information content (AvgIpc) is 2.97. The number of β-amino-alcohol motifs (C(OH)–C–C–N with tert-alkyl or cyclic N) is 1. The van der Waals surface area contributed by atoms with Gasteiger partial charge in [0.15, 0.2) is 0 Å². The highest BCUT2D eigenvalue weighted by Crippen LogP contribution is 2.32. The Kier molecular flexibility index (Phi) is 5.66. The zero-order chi connectivity index (χ0) is 17.9. The summed E-state index contributed by atoms with van der Waals surface area (Å²) in [6.07, 6.45) is 1.48. The molecule has 1 atom stereocenters. The molecular formula is C20H23IN2O2. The molecule has 0 saturated carbocycles. The van der Waals surface area contributed by atoms with Crippen molar-refractivity contribution in [2.24, 2.45) is 0 Å². The zero-order valence-corrected chi connectivity index (χ0v) is 16.6. The monoisotopic (exact) mass is 446 g/mol. The third-order valence-corrected chi connectivity index (χ3v) is 4.56. The number of ether oxygens (including phenoxy) is 1. The number of aromatic nitrogens is 1. The number of aromatic amines is 1. The minimum atomic E-state index is -0.581. The smallest absolute Gasteiger partial charge is 0.129 e. The molecule has 0 aliphatic carbocycles. The number of hydrogen-bond acceptors (Lipinski definition) is 3. The van der Waals surface area contributed by atoms with E-state index in [1.165, 1.54) is 0 Å². The van der Waals surface area contributed by atoms with Gasteiger partial charge in [-0.05, 0) is 36.1 Å². The van der Waals surface area contributed by atoms with Crippen molar-refractivity contribution in [3.8, 4) is 5.75 Å². The highest BCUT2D eigenvalue weighted by molar-refractivity contribution is 14.1.